The molecule has 2 nitrogen and oxygen atoms in total. The standard InChI is InChI=1S/C15H23FN2/c1-18(11-9-14-7-4-5-10-17-14)12-13-6-2-3-8-15(13)16/h2-3,6,8,14,17H,4-5,7,9-12H2,1H3. The third kappa shape index (κ3) is 4.07. The van der Waals surface area contributed by atoms with E-state index in [4.69, 9.17) is 0 Å². The second-order valence-corrected chi connectivity index (χ2v) is 5.26. The molecule has 18 heavy (non-hydrogen) atoms. The molecule has 1 N–H and O–H groups in total. The Morgan fingerprint density at radius 1 is 1.33 bits per heavy atom. The van der Waals surface area contributed by atoms with Crippen LogP contribution in [0.1, 0.15) is 31.2 Å². The highest BCUT2D eigenvalue weighted by Crippen LogP contribution is 2.12. The minimum Gasteiger partial charge on any atom is -0.314 e. The molecule has 0 aliphatic carbocycles. The summed E-state index contributed by atoms with van der Waals surface area (Å²) >= 11 is 0. The van der Waals surface area contributed by atoms with Gasteiger partial charge >= 0.3 is 0 Å². The summed E-state index contributed by atoms with van der Waals surface area (Å²) in [7, 11) is 2.06. The summed E-state index contributed by atoms with van der Waals surface area (Å²) in [6.07, 6.45) is 5.09. The van der Waals surface area contributed by atoms with Gasteiger partial charge in [-0.15, -0.1) is 0 Å². The summed E-state index contributed by atoms with van der Waals surface area (Å²) in [4.78, 5) is 2.20. The fourth-order valence-corrected chi connectivity index (χ4v) is 2.54. The van der Waals surface area contributed by atoms with Crippen molar-refractivity contribution in [2.24, 2.45) is 0 Å². The Bertz CT molecular complexity index is 361. The van der Waals surface area contributed by atoms with Gasteiger partial charge in [-0.3, -0.25) is 0 Å². The summed E-state index contributed by atoms with van der Waals surface area (Å²) in [5, 5.41) is 3.55. The fraction of sp³-hybridized carbons (Fsp3) is 0.600. The van der Waals surface area contributed by atoms with Crippen molar-refractivity contribution in [2.75, 3.05) is 20.1 Å². The molecule has 1 aliphatic heterocycles. The maximum Gasteiger partial charge on any atom is 0.127 e. The summed E-state index contributed by atoms with van der Waals surface area (Å²) in [5.41, 5.74) is 0.789. The Labute approximate surface area is 109 Å². The zero-order valence-electron chi connectivity index (χ0n) is 11.2. The molecule has 3 heteroatoms. The molecule has 0 saturated carbocycles. The Morgan fingerprint density at radius 2 is 2.17 bits per heavy atom. The monoisotopic (exact) mass is 250 g/mol. The van der Waals surface area contributed by atoms with E-state index in [9.17, 15) is 4.39 Å². The van der Waals surface area contributed by atoms with Gasteiger partial charge in [-0.05, 0) is 45.5 Å². The highest BCUT2D eigenvalue weighted by Gasteiger charge is 2.13. The maximum atomic E-state index is 13.5. The van der Waals surface area contributed by atoms with Gasteiger partial charge in [0.15, 0.2) is 0 Å². The summed E-state index contributed by atoms with van der Waals surface area (Å²) in [5.74, 6) is -0.0971. The molecule has 1 aromatic rings. The maximum absolute atomic E-state index is 13.5. The van der Waals surface area contributed by atoms with Crippen molar-refractivity contribution in [3.8, 4) is 0 Å². The Morgan fingerprint density at radius 3 is 2.89 bits per heavy atom. The SMILES string of the molecule is CN(CCC1CCCCN1)Cc1ccccc1F. The molecule has 0 aromatic heterocycles. The van der Waals surface area contributed by atoms with E-state index in [1.54, 1.807) is 6.07 Å². The molecule has 1 aromatic carbocycles. The van der Waals surface area contributed by atoms with E-state index in [0.717, 1.165) is 25.1 Å². The Kier molecular flexibility index (Phi) is 5.14. The van der Waals surface area contributed by atoms with Crippen LogP contribution in [0, 0.1) is 5.82 Å². The topological polar surface area (TPSA) is 15.3 Å². The van der Waals surface area contributed by atoms with Crippen molar-refractivity contribution in [2.45, 2.75) is 38.3 Å². The van der Waals surface area contributed by atoms with E-state index < -0.39 is 0 Å². The van der Waals surface area contributed by atoms with E-state index in [0.29, 0.717) is 12.6 Å². The van der Waals surface area contributed by atoms with Crippen LogP contribution in [0.2, 0.25) is 0 Å². The van der Waals surface area contributed by atoms with Crippen LogP contribution in [0.15, 0.2) is 24.3 Å². The molecule has 0 bridgehead atoms. The predicted molar refractivity (Wildman–Crippen MR) is 73.0 cm³/mol. The lowest BCUT2D eigenvalue weighted by molar-refractivity contribution is 0.279. The zero-order chi connectivity index (χ0) is 12.8. The van der Waals surface area contributed by atoms with Gasteiger partial charge in [0, 0.05) is 18.2 Å². The van der Waals surface area contributed by atoms with Crippen LogP contribution < -0.4 is 5.32 Å². The quantitative estimate of drug-likeness (QED) is 0.864. The van der Waals surface area contributed by atoms with Crippen LogP contribution in [0.25, 0.3) is 0 Å². The number of hydrogen-bond donors (Lipinski definition) is 1. The predicted octanol–water partition coefficient (Wildman–Crippen LogP) is 2.79. The first-order valence-corrected chi connectivity index (χ1v) is 6.91. The Balaban J connectivity index is 1.74. The molecular formula is C15H23FN2. The average molecular weight is 250 g/mol. The smallest absolute Gasteiger partial charge is 0.127 e. The van der Waals surface area contributed by atoms with Gasteiger partial charge in [0.2, 0.25) is 0 Å². The first-order chi connectivity index (χ1) is 8.75. The molecule has 100 valence electrons. The summed E-state index contributed by atoms with van der Waals surface area (Å²) < 4.78 is 13.5. The molecule has 1 aliphatic rings. The van der Waals surface area contributed by atoms with Gasteiger partial charge in [0.25, 0.3) is 0 Å². The number of nitrogens with zero attached hydrogens (tertiary/aromatic N) is 1. The minimum atomic E-state index is -0.0971. The lowest BCUT2D eigenvalue weighted by Gasteiger charge is -2.26. The highest BCUT2D eigenvalue weighted by atomic mass is 19.1. The Hall–Kier alpha value is -0.930. The van der Waals surface area contributed by atoms with E-state index in [1.165, 1.54) is 25.3 Å². The number of halogens is 1. The zero-order valence-corrected chi connectivity index (χ0v) is 11.2. The van der Waals surface area contributed by atoms with Crippen LogP contribution in [-0.4, -0.2) is 31.1 Å². The van der Waals surface area contributed by atoms with Crippen molar-refractivity contribution in [1.82, 2.24) is 10.2 Å². The third-order valence-corrected chi connectivity index (χ3v) is 3.67. The van der Waals surface area contributed by atoms with E-state index in [-0.39, 0.29) is 5.82 Å². The highest BCUT2D eigenvalue weighted by molar-refractivity contribution is 5.16. The molecule has 0 radical (unpaired) electrons. The fourth-order valence-electron chi connectivity index (χ4n) is 2.54. The number of nitrogens with one attached hydrogen (secondary N) is 1. The van der Waals surface area contributed by atoms with Crippen molar-refractivity contribution >= 4 is 0 Å². The van der Waals surface area contributed by atoms with Crippen LogP contribution in [0.3, 0.4) is 0 Å². The molecule has 1 heterocycles. The first kappa shape index (κ1) is 13.5. The second-order valence-electron chi connectivity index (χ2n) is 5.26. The molecule has 1 fully saturated rings. The van der Waals surface area contributed by atoms with Gasteiger partial charge < -0.3 is 10.2 Å². The lowest BCUT2D eigenvalue weighted by atomic mass is 10.0. The van der Waals surface area contributed by atoms with Crippen molar-refractivity contribution in [1.29, 1.82) is 0 Å². The van der Waals surface area contributed by atoms with Gasteiger partial charge in [-0.25, -0.2) is 4.39 Å². The van der Waals surface area contributed by atoms with Gasteiger partial charge in [0.05, 0.1) is 0 Å². The number of benzene rings is 1. The molecular weight excluding hydrogens is 227 g/mol. The summed E-state index contributed by atoms with van der Waals surface area (Å²) in [6.45, 7) is 2.87. The minimum absolute atomic E-state index is 0.0971. The van der Waals surface area contributed by atoms with Crippen molar-refractivity contribution in [3.05, 3.63) is 35.6 Å². The van der Waals surface area contributed by atoms with Crippen LogP contribution in [0.5, 0.6) is 0 Å². The van der Waals surface area contributed by atoms with Crippen molar-refractivity contribution in [3.63, 3.8) is 0 Å². The molecule has 1 unspecified atom stereocenters. The molecule has 1 atom stereocenters. The lowest BCUT2D eigenvalue weighted by Crippen LogP contribution is -2.36. The van der Waals surface area contributed by atoms with Gasteiger partial charge in [-0.1, -0.05) is 24.6 Å². The summed E-state index contributed by atoms with van der Waals surface area (Å²) in [6, 6.07) is 7.69. The number of piperidine rings is 1. The van der Waals surface area contributed by atoms with E-state index in [2.05, 4.69) is 17.3 Å². The molecule has 1 saturated heterocycles. The van der Waals surface area contributed by atoms with Crippen LogP contribution in [0.4, 0.5) is 4.39 Å². The number of rotatable bonds is 5. The van der Waals surface area contributed by atoms with Crippen LogP contribution >= 0.6 is 0 Å². The second kappa shape index (κ2) is 6.86. The molecule has 2 rings (SSSR count). The van der Waals surface area contributed by atoms with Gasteiger partial charge in [0.1, 0.15) is 5.82 Å². The number of hydrogen-bond acceptors (Lipinski definition) is 2. The average Bonchev–Trinajstić information content (AvgIpc) is 2.40. The van der Waals surface area contributed by atoms with Crippen molar-refractivity contribution < 1.29 is 4.39 Å². The van der Waals surface area contributed by atoms with Crippen LogP contribution in [-0.2, 0) is 6.54 Å². The first-order valence-electron chi connectivity index (χ1n) is 6.91. The van der Waals surface area contributed by atoms with E-state index in [1.807, 2.05) is 12.1 Å². The van der Waals surface area contributed by atoms with E-state index >= 15 is 0 Å². The third-order valence-electron chi connectivity index (χ3n) is 3.67. The normalized spacial score (nSPS) is 20.3. The molecule has 0 spiro atoms. The largest absolute Gasteiger partial charge is 0.314 e. The molecule has 0 amide bonds. The van der Waals surface area contributed by atoms with Gasteiger partial charge in [-0.2, -0.15) is 0 Å².